The van der Waals surface area contributed by atoms with Crippen molar-refractivity contribution in [1.82, 2.24) is 10.2 Å². The quantitative estimate of drug-likeness (QED) is 0.0642. The van der Waals surface area contributed by atoms with Crippen LogP contribution >= 0.6 is 23.1 Å². The molecule has 1 aromatic heterocycles. The fourth-order valence-corrected chi connectivity index (χ4v) is 8.40. The third-order valence-electron chi connectivity index (χ3n) is 9.06. The number of amides is 4. The van der Waals surface area contributed by atoms with Crippen LogP contribution in [-0.4, -0.2) is 58.7 Å². The van der Waals surface area contributed by atoms with E-state index in [9.17, 15) is 24.0 Å². The maximum Gasteiger partial charge on any atom is 0.410 e. The molecule has 4 aromatic carbocycles. The van der Waals surface area contributed by atoms with E-state index in [1.807, 2.05) is 66.7 Å². The van der Waals surface area contributed by atoms with E-state index in [-0.39, 0.29) is 24.8 Å². The lowest BCUT2D eigenvalue weighted by Gasteiger charge is -2.30. The van der Waals surface area contributed by atoms with Crippen LogP contribution in [0.1, 0.15) is 71.3 Å². The molecule has 1 aliphatic rings. The maximum atomic E-state index is 13.8. The van der Waals surface area contributed by atoms with E-state index >= 15 is 0 Å². The second-order valence-corrected chi connectivity index (χ2v) is 17.2. The molecule has 0 saturated heterocycles. The topological polar surface area (TPSA) is 143 Å². The van der Waals surface area contributed by atoms with E-state index in [1.54, 1.807) is 88.1 Å². The Morgan fingerprint density at radius 3 is 2.22 bits per heavy atom. The standard InChI is InChI=1S/C46H46N4O7S2/c1-6-56-44(54)39-36-24-25-50(45(55)57-46(3,4)5)28-38(36)59-43(39)49-40(51)29(2)58-35-19-13-18-34(27-35)47-42(53)37(48-41(52)33-16-11-8-12-17-33)26-30-20-22-32(23-21-30)31-14-9-7-10-15-31/h7-23,26-27,29H,6,24-25,28H2,1-5H3,(H,47,53)(H,48,52)(H,49,51)/b37-26+. The molecule has 0 spiro atoms. The summed E-state index contributed by atoms with van der Waals surface area (Å²) in [6.07, 6.45) is 1.59. The summed E-state index contributed by atoms with van der Waals surface area (Å²) >= 11 is 2.52. The molecular weight excluding hydrogens is 785 g/mol. The van der Waals surface area contributed by atoms with Crippen molar-refractivity contribution in [3.8, 4) is 11.1 Å². The zero-order valence-corrected chi connectivity index (χ0v) is 35.1. The number of carbonyl (C=O) groups excluding carboxylic acids is 5. The number of nitrogens with zero attached hydrogens (tertiary/aromatic N) is 1. The average molecular weight is 831 g/mol. The molecule has 3 N–H and O–H groups in total. The van der Waals surface area contributed by atoms with Gasteiger partial charge in [0.25, 0.3) is 11.8 Å². The SMILES string of the molecule is CCOC(=O)c1c(NC(=O)C(C)Sc2cccc(NC(=O)/C(=C\c3ccc(-c4ccccc4)cc3)NC(=O)c3ccccc3)c2)sc2c1CCN(C(=O)OC(C)(C)C)C2. The van der Waals surface area contributed by atoms with Crippen molar-refractivity contribution in [2.45, 2.75) is 63.3 Å². The number of ether oxygens (including phenoxy) is 2. The van der Waals surface area contributed by atoms with Crippen LogP contribution in [0.15, 0.2) is 120 Å². The van der Waals surface area contributed by atoms with Crippen LogP contribution in [-0.2, 0) is 32.0 Å². The molecular formula is C46H46N4O7S2. The molecule has 11 nitrogen and oxygen atoms in total. The Morgan fingerprint density at radius 1 is 0.864 bits per heavy atom. The molecule has 2 heterocycles. The highest BCUT2D eigenvalue weighted by atomic mass is 32.2. The molecule has 6 rings (SSSR count). The first-order valence-electron chi connectivity index (χ1n) is 19.2. The third-order valence-corrected chi connectivity index (χ3v) is 11.3. The number of thiophene rings is 1. The number of benzene rings is 4. The number of anilines is 2. The van der Waals surface area contributed by atoms with Crippen molar-refractivity contribution >= 4 is 69.6 Å². The van der Waals surface area contributed by atoms with Gasteiger partial charge >= 0.3 is 12.1 Å². The average Bonchev–Trinajstić information content (AvgIpc) is 3.58. The van der Waals surface area contributed by atoms with E-state index < -0.39 is 34.7 Å². The largest absolute Gasteiger partial charge is 0.462 e. The minimum Gasteiger partial charge on any atom is -0.462 e. The summed E-state index contributed by atoms with van der Waals surface area (Å²) in [4.78, 5) is 69.8. The predicted octanol–water partition coefficient (Wildman–Crippen LogP) is 9.41. The lowest BCUT2D eigenvalue weighted by molar-refractivity contribution is -0.115. The normalized spacial score (nSPS) is 13.1. The van der Waals surface area contributed by atoms with Gasteiger partial charge in [0.1, 0.15) is 16.3 Å². The number of nitrogens with one attached hydrogen (secondary N) is 3. The van der Waals surface area contributed by atoms with E-state index in [1.165, 1.54) is 23.1 Å². The molecule has 304 valence electrons. The van der Waals surface area contributed by atoms with Crippen molar-refractivity contribution in [3.05, 3.63) is 142 Å². The summed E-state index contributed by atoms with van der Waals surface area (Å²) in [6.45, 7) is 9.65. The number of fused-ring (bicyclic) bond motifs is 1. The van der Waals surface area contributed by atoms with Crippen LogP contribution in [0.4, 0.5) is 15.5 Å². The van der Waals surface area contributed by atoms with Gasteiger partial charge in [0.2, 0.25) is 5.91 Å². The van der Waals surface area contributed by atoms with Crippen molar-refractivity contribution in [1.29, 1.82) is 0 Å². The van der Waals surface area contributed by atoms with Crippen LogP contribution in [0.5, 0.6) is 0 Å². The van der Waals surface area contributed by atoms with Gasteiger partial charge in [-0.1, -0.05) is 78.9 Å². The lowest BCUT2D eigenvalue weighted by Crippen LogP contribution is -2.39. The molecule has 13 heteroatoms. The Balaban J connectivity index is 1.16. The molecule has 1 unspecified atom stereocenters. The molecule has 0 bridgehead atoms. The highest BCUT2D eigenvalue weighted by molar-refractivity contribution is 8.00. The van der Waals surface area contributed by atoms with Crippen molar-refractivity contribution < 1.29 is 33.4 Å². The molecule has 0 saturated carbocycles. The smallest absolute Gasteiger partial charge is 0.410 e. The van der Waals surface area contributed by atoms with E-state index in [0.717, 1.165) is 21.6 Å². The zero-order chi connectivity index (χ0) is 42.1. The highest BCUT2D eigenvalue weighted by Crippen LogP contribution is 2.39. The molecule has 0 fully saturated rings. The van der Waals surface area contributed by atoms with Crippen LogP contribution in [0.2, 0.25) is 0 Å². The predicted molar refractivity (Wildman–Crippen MR) is 233 cm³/mol. The van der Waals surface area contributed by atoms with Gasteiger partial charge < -0.3 is 30.3 Å². The van der Waals surface area contributed by atoms with Crippen molar-refractivity contribution in [2.75, 3.05) is 23.8 Å². The first kappa shape index (κ1) is 42.4. The van der Waals surface area contributed by atoms with Crippen molar-refractivity contribution in [3.63, 3.8) is 0 Å². The molecule has 59 heavy (non-hydrogen) atoms. The van der Waals surface area contributed by atoms with Crippen LogP contribution in [0.25, 0.3) is 17.2 Å². The van der Waals surface area contributed by atoms with Gasteiger partial charge in [-0.05, 0) is 99.7 Å². The van der Waals surface area contributed by atoms with Gasteiger partial charge in [-0.3, -0.25) is 14.4 Å². The van der Waals surface area contributed by atoms with Gasteiger partial charge in [-0.15, -0.1) is 23.1 Å². The summed E-state index contributed by atoms with van der Waals surface area (Å²) in [5.74, 6) is -1.85. The molecule has 0 aliphatic carbocycles. The Labute approximate surface area is 352 Å². The number of thioether (sulfide) groups is 1. The minimum atomic E-state index is -0.655. The molecule has 0 radical (unpaired) electrons. The Hall–Kier alpha value is -6.18. The molecule has 5 aromatic rings. The molecule has 1 atom stereocenters. The Bertz CT molecular complexity index is 2350. The van der Waals surface area contributed by atoms with Gasteiger partial charge in [-0.2, -0.15) is 0 Å². The number of carbonyl (C=O) groups is 5. The van der Waals surface area contributed by atoms with Gasteiger partial charge in [0, 0.05) is 27.6 Å². The van der Waals surface area contributed by atoms with Gasteiger partial charge in [-0.25, -0.2) is 9.59 Å². The van der Waals surface area contributed by atoms with Gasteiger partial charge in [0.15, 0.2) is 0 Å². The van der Waals surface area contributed by atoms with Crippen LogP contribution in [0, 0.1) is 0 Å². The summed E-state index contributed by atoms with van der Waals surface area (Å²) in [5, 5.41) is 8.37. The Kier molecular flexibility index (Phi) is 13.7. The second kappa shape index (κ2) is 19.0. The summed E-state index contributed by atoms with van der Waals surface area (Å²) in [6, 6.07) is 33.3. The summed E-state index contributed by atoms with van der Waals surface area (Å²) in [7, 11) is 0. The van der Waals surface area contributed by atoms with E-state index in [0.29, 0.717) is 45.2 Å². The molecule has 1 aliphatic heterocycles. The fraction of sp³-hybridized carbons (Fsp3) is 0.239. The number of hydrogen-bond donors (Lipinski definition) is 3. The number of hydrogen-bond acceptors (Lipinski definition) is 9. The van der Waals surface area contributed by atoms with Crippen molar-refractivity contribution in [2.24, 2.45) is 0 Å². The second-order valence-electron chi connectivity index (χ2n) is 14.7. The fourth-order valence-electron chi connectivity index (χ4n) is 6.22. The highest BCUT2D eigenvalue weighted by Gasteiger charge is 2.33. The van der Waals surface area contributed by atoms with Gasteiger partial charge in [0.05, 0.1) is 24.0 Å². The Morgan fingerprint density at radius 2 is 1.54 bits per heavy atom. The third kappa shape index (κ3) is 11.3. The lowest BCUT2D eigenvalue weighted by atomic mass is 10.0. The monoisotopic (exact) mass is 830 g/mol. The van der Waals surface area contributed by atoms with Crippen LogP contribution < -0.4 is 16.0 Å². The summed E-state index contributed by atoms with van der Waals surface area (Å²) in [5.41, 5.74) is 4.09. The van der Waals surface area contributed by atoms with E-state index in [4.69, 9.17) is 9.47 Å². The first-order valence-corrected chi connectivity index (χ1v) is 20.9. The molecule has 4 amide bonds. The zero-order valence-electron chi connectivity index (χ0n) is 33.5. The minimum absolute atomic E-state index is 0.0439. The number of rotatable bonds is 12. The van der Waals surface area contributed by atoms with Crippen LogP contribution in [0.3, 0.4) is 0 Å². The first-order chi connectivity index (χ1) is 28.3. The number of esters is 1. The van der Waals surface area contributed by atoms with E-state index in [2.05, 4.69) is 16.0 Å². The summed E-state index contributed by atoms with van der Waals surface area (Å²) < 4.78 is 10.9. The maximum absolute atomic E-state index is 13.8.